The van der Waals surface area contributed by atoms with Crippen molar-refractivity contribution in [3.8, 4) is 0 Å². The van der Waals surface area contributed by atoms with E-state index in [0.29, 0.717) is 17.7 Å². The van der Waals surface area contributed by atoms with E-state index in [1.165, 1.54) is 0 Å². The second-order valence-corrected chi connectivity index (χ2v) is 2.89. The lowest BCUT2D eigenvalue weighted by molar-refractivity contribution is 0.322. The maximum absolute atomic E-state index is 13.3. The molecule has 0 saturated carbocycles. The van der Waals surface area contributed by atoms with Gasteiger partial charge >= 0.3 is 0 Å². The fourth-order valence-corrected chi connectivity index (χ4v) is 1.21. The van der Waals surface area contributed by atoms with Crippen molar-refractivity contribution in [1.29, 1.82) is 0 Å². The summed E-state index contributed by atoms with van der Waals surface area (Å²) < 4.78 is 13.3. The lowest BCUT2D eigenvalue weighted by Crippen LogP contribution is -1.97. The fourth-order valence-electron chi connectivity index (χ4n) is 1.21. The van der Waals surface area contributed by atoms with E-state index in [9.17, 15) is 4.39 Å². The van der Waals surface area contributed by atoms with E-state index in [1.807, 2.05) is 19.1 Å². The van der Waals surface area contributed by atoms with Gasteiger partial charge in [0, 0.05) is 11.3 Å². The van der Waals surface area contributed by atoms with E-state index in [2.05, 4.69) is 0 Å². The molecule has 1 unspecified atom stereocenters. The van der Waals surface area contributed by atoms with Crippen LogP contribution >= 0.6 is 0 Å². The van der Waals surface area contributed by atoms with Crippen molar-refractivity contribution in [1.82, 2.24) is 0 Å². The number of hydrogen-bond acceptors (Lipinski definition) is 1. The number of nitrogen functional groups attached to an aromatic ring is 1. The average molecular weight is 167 g/mol. The third-order valence-electron chi connectivity index (χ3n) is 1.88. The van der Waals surface area contributed by atoms with E-state index in [0.717, 1.165) is 6.42 Å². The van der Waals surface area contributed by atoms with E-state index in [1.54, 1.807) is 12.1 Å². The molecular weight excluding hydrogens is 153 g/mol. The lowest BCUT2D eigenvalue weighted by Gasteiger charge is -2.09. The SMILES string of the molecule is CCCC(F)c1ccccc1N. The zero-order valence-electron chi connectivity index (χ0n) is 7.26. The quantitative estimate of drug-likeness (QED) is 0.688. The zero-order valence-corrected chi connectivity index (χ0v) is 7.26. The normalized spacial score (nSPS) is 12.8. The minimum atomic E-state index is -0.906. The number of benzene rings is 1. The number of nitrogens with two attached hydrogens (primary N) is 1. The molecule has 0 aromatic heterocycles. The highest BCUT2D eigenvalue weighted by atomic mass is 19.1. The van der Waals surface area contributed by atoms with Crippen molar-refractivity contribution in [2.75, 3.05) is 5.73 Å². The van der Waals surface area contributed by atoms with Crippen LogP contribution in [0, 0.1) is 0 Å². The molecule has 66 valence electrons. The van der Waals surface area contributed by atoms with E-state index >= 15 is 0 Å². The summed E-state index contributed by atoms with van der Waals surface area (Å²) in [7, 11) is 0. The highest BCUT2D eigenvalue weighted by molar-refractivity contribution is 5.47. The lowest BCUT2D eigenvalue weighted by atomic mass is 10.1. The molecular formula is C10H14FN. The number of halogens is 1. The minimum absolute atomic E-state index is 0.550. The summed E-state index contributed by atoms with van der Waals surface area (Å²) in [5.74, 6) is 0. The number of anilines is 1. The van der Waals surface area contributed by atoms with Gasteiger partial charge in [0.05, 0.1) is 0 Å². The van der Waals surface area contributed by atoms with Crippen molar-refractivity contribution in [3.05, 3.63) is 29.8 Å². The van der Waals surface area contributed by atoms with Crippen LogP contribution in [-0.4, -0.2) is 0 Å². The van der Waals surface area contributed by atoms with Crippen molar-refractivity contribution in [3.63, 3.8) is 0 Å². The fraction of sp³-hybridized carbons (Fsp3) is 0.400. The van der Waals surface area contributed by atoms with Crippen LogP contribution in [0.4, 0.5) is 10.1 Å². The Morgan fingerprint density at radius 1 is 1.42 bits per heavy atom. The number of hydrogen-bond donors (Lipinski definition) is 1. The van der Waals surface area contributed by atoms with Gasteiger partial charge in [-0.25, -0.2) is 4.39 Å². The first-order valence-corrected chi connectivity index (χ1v) is 4.24. The molecule has 0 aliphatic heterocycles. The second kappa shape index (κ2) is 4.10. The number of rotatable bonds is 3. The van der Waals surface area contributed by atoms with Crippen LogP contribution in [-0.2, 0) is 0 Å². The topological polar surface area (TPSA) is 26.0 Å². The molecule has 0 spiro atoms. The van der Waals surface area contributed by atoms with Gasteiger partial charge in [-0.3, -0.25) is 0 Å². The smallest absolute Gasteiger partial charge is 0.127 e. The Labute approximate surface area is 72.4 Å². The molecule has 0 aliphatic rings. The Morgan fingerprint density at radius 2 is 2.08 bits per heavy atom. The second-order valence-electron chi connectivity index (χ2n) is 2.89. The third-order valence-corrected chi connectivity index (χ3v) is 1.88. The first-order valence-electron chi connectivity index (χ1n) is 4.24. The van der Waals surface area contributed by atoms with E-state index in [-0.39, 0.29) is 0 Å². The van der Waals surface area contributed by atoms with Crippen LogP contribution in [0.3, 0.4) is 0 Å². The molecule has 0 aliphatic carbocycles. The molecule has 12 heavy (non-hydrogen) atoms. The standard InChI is InChI=1S/C10H14FN/c1-2-5-9(11)8-6-3-4-7-10(8)12/h3-4,6-7,9H,2,5,12H2,1H3. The minimum Gasteiger partial charge on any atom is -0.398 e. The Balaban J connectivity index is 2.79. The number of para-hydroxylation sites is 1. The maximum Gasteiger partial charge on any atom is 0.127 e. The summed E-state index contributed by atoms with van der Waals surface area (Å²) in [4.78, 5) is 0. The summed E-state index contributed by atoms with van der Waals surface area (Å²) in [6.45, 7) is 1.96. The van der Waals surface area contributed by atoms with Gasteiger partial charge in [-0.15, -0.1) is 0 Å². The molecule has 2 N–H and O–H groups in total. The molecule has 0 heterocycles. The van der Waals surface area contributed by atoms with Crippen LogP contribution in [0.15, 0.2) is 24.3 Å². The molecule has 0 bridgehead atoms. The van der Waals surface area contributed by atoms with Gasteiger partial charge < -0.3 is 5.73 Å². The molecule has 0 saturated heterocycles. The first-order chi connectivity index (χ1) is 5.75. The molecule has 0 amide bonds. The van der Waals surface area contributed by atoms with E-state index in [4.69, 9.17) is 5.73 Å². The van der Waals surface area contributed by atoms with Crippen molar-refractivity contribution < 1.29 is 4.39 Å². The highest BCUT2D eigenvalue weighted by Gasteiger charge is 2.10. The highest BCUT2D eigenvalue weighted by Crippen LogP contribution is 2.26. The Bertz CT molecular complexity index is 247. The Morgan fingerprint density at radius 3 is 2.67 bits per heavy atom. The number of alkyl halides is 1. The average Bonchev–Trinajstić information content (AvgIpc) is 2.05. The molecule has 1 nitrogen and oxygen atoms in total. The summed E-state index contributed by atoms with van der Waals surface area (Å²) >= 11 is 0. The van der Waals surface area contributed by atoms with Crippen molar-refractivity contribution >= 4 is 5.69 Å². The van der Waals surface area contributed by atoms with Crippen LogP contribution in [0.25, 0.3) is 0 Å². The van der Waals surface area contributed by atoms with Crippen LogP contribution in [0.5, 0.6) is 0 Å². The Hall–Kier alpha value is -1.05. The summed E-state index contributed by atoms with van der Waals surface area (Å²) in [6, 6.07) is 7.11. The first kappa shape index (κ1) is 9.04. The Kier molecular flexibility index (Phi) is 3.09. The van der Waals surface area contributed by atoms with Gasteiger partial charge in [0.2, 0.25) is 0 Å². The molecule has 1 rings (SSSR count). The summed E-state index contributed by atoms with van der Waals surface area (Å²) in [6.07, 6.45) is 0.486. The van der Waals surface area contributed by atoms with Gasteiger partial charge in [0.15, 0.2) is 0 Å². The monoisotopic (exact) mass is 167 g/mol. The predicted molar refractivity (Wildman–Crippen MR) is 49.6 cm³/mol. The molecule has 0 fully saturated rings. The van der Waals surface area contributed by atoms with Crippen LogP contribution in [0.2, 0.25) is 0 Å². The summed E-state index contributed by atoms with van der Waals surface area (Å²) in [5, 5.41) is 0. The summed E-state index contributed by atoms with van der Waals surface area (Å²) in [5.41, 5.74) is 6.79. The maximum atomic E-state index is 13.3. The largest absolute Gasteiger partial charge is 0.398 e. The predicted octanol–water partition coefficient (Wildman–Crippen LogP) is 3.08. The third kappa shape index (κ3) is 1.97. The van der Waals surface area contributed by atoms with Crippen molar-refractivity contribution in [2.24, 2.45) is 0 Å². The molecule has 2 heteroatoms. The molecule has 1 aromatic rings. The zero-order chi connectivity index (χ0) is 8.97. The van der Waals surface area contributed by atoms with Gasteiger partial charge in [0.25, 0.3) is 0 Å². The molecule has 1 atom stereocenters. The van der Waals surface area contributed by atoms with Gasteiger partial charge in [0.1, 0.15) is 6.17 Å². The van der Waals surface area contributed by atoms with Gasteiger partial charge in [-0.2, -0.15) is 0 Å². The van der Waals surface area contributed by atoms with Crippen molar-refractivity contribution in [2.45, 2.75) is 25.9 Å². The van der Waals surface area contributed by atoms with Crippen LogP contribution < -0.4 is 5.73 Å². The van der Waals surface area contributed by atoms with E-state index < -0.39 is 6.17 Å². The van der Waals surface area contributed by atoms with Gasteiger partial charge in [-0.1, -0.05) is 31.5 Å². The molecule has 0 radical (unpaired) electrons. The van der Waals surface area contributed by atoms with Gasteiger partial charge in [-0.05, 0) is 12.5 Å². The van der Waals surface area contributed by atoms with Crippen LogP contribution in [0.1, 0.15) is 31.5 Å². The molecule has 1 aromatic carbocycles.